The smallest absolute Gasteiger partial charge is 0.133 e. The first kappa shape index (κ1) is 24.4. The molecule has 32 heavy (non-hydrogen) atoms. The van der Waals surface area contributed by atoms with Gasteiger partial charge in [-0.05, 0) is 97.2 Å². The zero-order valence-electron chi connectivity index (χ0n) is 18.9. The maximum Gasteiger partial charge on any atom is 0.133 e. The fourth-order valence-electron chi connectivity index (χ4n) is 2.90. The first-order valence-electron chi connectivity index (χ1n) is 10.1. The lowest BCUT2D eigenvalue weighted by Crippen LogP contribution is -2.05. The van der Waals surface area contributed by atoms with Crippen LogP contribution in [0.15, 0.2) is 120 Å². The molecule has 2 aromatic rings. The number of hydrogen-bond donors (Lipinski definition) is 2. The van der Waals surface area contributed by atoms with E-state index in [0.717, 1.165) is 27.9 Å². The summed E-state index contributed by atoms with van der Waals surface area (Å²) in [5, 5.41) is 19.0. The highest BCUT2D eigenvalue weighted by atomic mass is 16.5. The molecule has 0 aromatic heterocycles. The van der Waals surface area contributed by atoms with Crippen LogP contribution in [0, 0.1) is 0 Å². The summed E-state index contributed by atoms with van der Waals surface area (Å²) >= 11 is 0. The molecular formula is C28H30O4. The molecule has 0 fully saturated rings. The molecule has 0 unspecified atom stereocenters. The van der Waals surface area contributed by atoms with Gasteiger partial charge >= 0.3 is 0 Å². The normalized spacial score (nSPS) is 12.2. The monoisotopic (exact) mass is 430 g/mol. The number of hydrogen-bond acceptors (Lipinski definition) is 4. The van der Waals surface area contributed by atoms with Crippen LogP contribution in [0.1, 0.15) is 27.2 Å². The minimum Gasteiger partial charge on any atom is -0.508 e. The highest BCUT2D eigenvalue weighted by molar-refractivity contribution is 5.46. The van der Waals surface area contributed by atoms with Crippen molar-refractivity contribution in [3.05, 3.63) is 120 Å². The van der Waals surface area contributed by atoms with Gasteiger partial charge in [0, 0.05) is 6.42 Å². The van der Waals surface area contributed by atoms with Crippen molar-refractivity contribution in [2.24, 2.45) is 0 Å². The van der Waals surface area contributed by atoms with Gasteiger partial charge in [-0.1, -0.05) is 32.4 Å². The zero-order chi connectivity index (χ0) is 23.8. The third-order valence-corrected chi connectivity index (χ3v) is 4.78. The van der Waals surface area contributed by atoms with Crippen molar-refractivity contribution in [3.63, 3.8) is 0 Å². The molecule has 0 heterocycles. The van der Waals surface area contributed by atoms with Gasteiger partial charge in [0.25, 0.3) is 0 Å². The predicted molar refractivity (Wildman–Crippen MR) is 131 cm³/mol. The van der Waals surface area contributed by atoms with Crippen LogP contribution in [-0.4, -0.2) is 10.2 Å². The van der Waals surface area contributed by atoms with Gasteiger partial charge in [-0.3, -0.25) is 0 Å². The van der Waals surface area contributed by atoms with Gasteiger partial charge in [0.1, 0.15) is 34.5 Å². The van der Waals surface area contributed by atoms with Gasteiger partial charge in [0.05, 0.1) is 0 Å². The van der Waals surface area contributed by atoms with E-state index in [4.69, 9.17) is 9.47 Å². The SMILES string of the molecule is C=CC(C)=C(Oc1ccc(O)cc1)C(=C)CC(=C)C(C)=C(Oc1ccc(O)cc1)C(=C)C. The molecule has 0 radical (unpaired) electrons. The summed E-state index contributed by atoms with van der Waals surface area (Å²) < 4.78 is 12.1. The van der Waals surface area contributed by atoms with E-state index >= 15 is 0 Å². The molecule has 0 spiro atoms. The molecule has 0 aliphatic heterocycles. The van der Waals surface area contributed by atoms with Crippen molar-refractivity contribution in [1.82, 2.24) is 0 Å². The van der Waals surface area contributed by atoms with E-state index in [0.29, 0.717) is 29.4 Å². The quantitative estimate of drug-likeness (QED) is 0.305. The van der Waals surface area contributed by atoms with Crippen LogP contribution in [0.25, 0.3) is 0 Å². The van der Waals surface area contributed by atoms with E-state index in [1.165, 1.54) is 0 Å². The van der Waals surface area contributed by atoms with Gasteiger partial charge in [0.2, 0.25) is 0 Å². The lowest BCUT2D eigenvalue weighted by Gasteiger charge is -2.19. The maximum absolute atomic E-state index is 9.50. The molecular weight excluding hydrogens is 400 g/mol. The van der Waals surface area contributed by atoms with Crippen LogP contribution in [0.2, 0.25) is 0 Å². The van der Waals surface area contributed by atoms with E-state index in [1.807, 2.05) is 20.8 Å². The van der Waals surface area contributed by atoms with Crippen LogP contribution in [0.3, 0.4) is 0 Å². The number of allylic oxidation sites excluding steroid dienone is 6. The van der Waals surface area contributed by atoms with Crippen molar-refractivity contribution in [2.75, 3.05) is 0 Å². The second-order valence-electron chi connectivity index (χ2n) is 7.53. The minimum absolute atomic E-state index is 0.164. The fourth-order valence-corrected chi connectivity index (χ4v) is 2.90. The van der Waals surface area contributed by atoms with Crippen LogP contribution in [0.5, 0.6) is 23.0 Å². The Balaban J connectivity index is 2.26. The molecule has 166 valence electrons. The van der Waals surface area contributed by atoms with E-state index in [-0.39, 0.29) is 11.5 Å². The minimum atomic E-state index is 0.164. The first-order valence-corrected chi connectivity index (χ1v) is 10.1. The summed E-state index contributed by atoms with van der Waals surface area (Å²) in [6.45, 7) is 22.0. The van der Waals surface area contributed by atoms with Gasteiger partial charge in [0.15, 0.2) is 0 Å². The second-order valence-corrected chi connectivity index (χ2v) is 7.53. The van der Waals surface area contributed by atoms with Crippen molar-refractivity contribution >= 4 is 0 Å². The molecule has 4 heteroatoms. The largest absolute Gasteiger partial charge is 0.508 e. The summed E-state index contributed by atoms with van der Waals surface area (Å²) in [6, 6.07) is 13.0. The number of rotatable bonds is 10. The van der Waals surface area contributed by atoms with E-state index in [2.05, 4.69) is 26.3 Å². The van der Waals surface area contributed by atoms with Crippen molar-refractivity contribution in [3.8, 4) is 23.0 Å². The standard InChI is InChI=1S/C28H30O4/c1-8-19(4)28(32-26-15-11-24(30)12-16-26)21(6)17-20(5)22(7)27(18(2)3)31-25-13-9-23(29)10-14-25/h8-16,29-30H,1-2,5-6,17H2,3-4,7H3. The highest BCUT2D eigenvalue weighted by Crippen LogP contribution is 2.31. The number of phenols is 2. The van der Waals surface area contributed by atoms with Crippen LogP contribution in [0.4, 0.5) is 0 Å². The summed E-state index contributed by atoms with van der Waals surface area (Å²) in [6.07, 6.45) is 2.15. The topological polar surface area (TPSA) is 58.9 Å². The number of benzene rings is 2. The van der Waals surface area contributed by atoms with E-state index < -0.39 is 0 Å². The third kappa shape index (κ3) is 6.54. The molecule has 0 amide bonds. The molecule has 0 saturated heterocycles. The van der Waals surface area contributed by atoms with Crippen molar-refractivity contribution in [2.45, 2.75) is 27.2 Å². The predicted octanol–water partition coefficient (Wildman–Crippen LogP) is 7.37. The Hall–Kier alpha value is -3.92. The fraction of sp³-hybridized carbons (Fsp3) is 0.143. The molecule has 4 nitrogen and oxygen atoms in total. The van der Waals surface area contributed by atoms with Crippen molar-refractivity contribution in [1.29, 1.82) is 0 Å². The highest BCUT2D eigenvalue weighted by Gasteiger charge is 2.15. The number of ether oxygens (including phenoxy) is 2. The Morgan fingerprint density at radius 3 is 1.59 bits per heavy atom. The van der Waals surface area contributed by atoms with Gasteiger partial charge < -0.3 is 19.7 Å². The maximum atomic E-state index is 9.50. The molecule has 0 aliphatic carbocycles. The zero-order valence-corrected chi connectivity index (χ0v) is 18.9. The number of aromatic hydroxyl groups is 2. The van der Waals surface area contributed by atoms with E-state index in [1.54, 1.807) is 54.6 Å². The Morgan fingerprint density at radius 2 is 1.19 bits per heavy atom. The van der Waals surface area contributed by atoms with Crippen LogP contribution < -0.4 is 9.47 Å². The van der Waals surface area contributed by atoms with Crippen LogP contribution >= 0.6 is 0 Å². The molecule has 2 aromatic carbocycles. The summed E-state index contributed by atoms with van der Waals surface area (Å²) in [7, 11) is 0. The number of phenolic OH excluding ortho intramolecular Hbond substituents is 2. The molecule has 0 aliphatic rings. The summed E-state index contributed by atoms with van der Waals surface area (Å²) in [4.78, 5) is 0. The molecule has 2 N–H and O–H groups in total. The van der Waals surface area contributed by atoms with E-state index in [9.17, 15) is 10.2 Å². The third-order valence-electron chi connectivity index (χ3n) is 4.78. The Kier molecular flexibility index (Phi) is 8.31. The second kappa shape index (κ2) is 10.9. The summed E-state index contributed by atoms with van der Waals surface area (Å²) in [5.41, 5.74) is 3.95. The summed E-state index contributed by atoms with van der Waals surface area (Å²) in [5.74, 6) is 2.70. The van der Waals surface area contributed by atoms with Crippen LogP contribution in [-0.2, 0) is 0 Å². The lowest BCUT2D eigenvalue weighted by atomic mass is 9.96. The Labute approximate surface area is 190 Å². The first-order chi connectivity index (χ1) is 15.1. The lowest BCUT2D eigenvalue weighted by molar-refractivity contribution is 0.423. The average molecular weight is 431 g/mol. The van der Waals surface area contributed by atoms with Gasteiger partial charge in [-0.25, -0.2) is 0 Å². The molecule has 2 rings (SSSR count). The Bertz CT molecular complexity index is 1080. The molecule has 0 bridgehead atoms. The van der Waals surface area contributed by atoms with Gasteiger partial charge in [-0.2, -0.15) is 0 Å². The molecule has 0 saturated carbocycles. The van der Waals surface area contributed by atoms with Gasteiger partial charge in [-0.15, -0.1) is 0 Å². The van der Waals surface area contributed by atoms with Crippen molar-refractivity contribution < 1.29 is 19.7 Å². The molecule has 0 atom stereocenters. The Morgan fingerprint density at radius 1 is 0.750 bits per heavy atom. The average Bonchev–Trinajstić information content (AvgIpc) is 2.76.